The first-order valence-electron chi connectivity index (χ1n) is 7.69. The Labute approximate surface area is 145 Å². The van der Waals surface area contributed by atoms with Crippen LogP contribution in [-0.4, -0.2) is 32.8 Å². The first kappa shape index (κ1) is 16.5. The van der Waals surface area contributed by atoms with Gasteiger partial charge in [0.15, 0.2) is 11.5 Å². The molecule has 2 aromatic carbocycles. The molecule has 24 heavy (non-hydrogen) atoms. The average Bonchev–Trinajstić information content (AvgIpc) is 2.62. The van der Waals surface area contributed by atoms with Crippen molar-refractivity contribution in [2.24, 2.45) is 0 Å². The minimum Gasteiger partial charge on any atom is -0.493 e. The van der Waals surface area contributed by atoms with Gasteiger partial charge < -0.3 is 19.1 Å². The third kappa shape index (κ3) is 2.99. The molecule has 6 heteroatoms. The molecule has 0 saturated heterocycles. The molecule has 0 spiro atoms. The van der Waals surface area contributed by atoms with Crippen LogP contribution >= 0.6 is 11.6 Å². The van der Waals surface area contributed by atoms with Crippen molar-refractivity contribution in [1.82, 2.24) is 0 Å². The second kappa shape index (κ2) is 7.01. The summed E-state index contributed by atoms with van der Waals surface area (Å²) in [4.78, 5) is 14.7. The van der Waals surface area contributed by atoms with Crippen LogP contribution in [0.4, 0.5) is 5.69 Å². The number of halogens is 1. The molecule has 1 amide bonds. The smallest absolute Gasteiger partial charge is 0.258 e. The molecule has 0 N–H and O–H groups in total. The van der Waals surface area contributed by atoms with Gasteiger partial charge in [-0.3, -0.25) is 4.79 Å². The summed E-state index contributed by atoms with van der Waals surface area (Å²) in [7, 11) is 1.52. The highest BCUT2D eigenvalue weighted by atomic mass is 35.5. The molecule has 0 bridgehead atoms. The van der Waals surface area contributed by atoms with Crippen LogP contribution in [0.5, 0.6) is 17.2 Å². The maximum atomic E-state index is 13.0. The van der Waals surface area contributed by atoms with Crippen LogP contribution < -0.4 is 19.1 Å². The molecule has 1 aliphatic rings. The van der Waals surface area contributed by atoms with E-state index in [1.54, 1.807) is 17.0 Å². The van der Waals surface area contributed by atoms with E-state index in [-0.39, 0.29) is 5.91 Å². The van der Waals surface area contributed by atoms with Crippen LogP contribution in [0.3, 0.4) is 0 Å². The Morgan fingerprint density at radius 3 is 2.88 bits per heavy atom. The van der Waals surface area contributed by atoms with Gasteiger partial charge in [0.1, 0.15) is 12.4 Å². The van der Waals surface area contributed by atoms with Crippen molar-refractivity contribution >= 4 is 23.2 Å². The molecule has 0 saturated carbocycles. The SMILES string of the molecule is CCOc1c(Cl)cc(C(=O)N2CCOc3ccccc32)cc1OC. The van der Waals surface area contributed by atoms with E-state index in [1.165, 1.54) is 7.11 Å². The Morgan fingerprint density at radius 1 is 1.33 bits per heavy atom. The van der Waals surface area contributed by atoms with Crippen molar-refractivity contribution in [3.63, 3.8) is 0 Å². The molecule has 1 heterocycles. The number of amides is 1. The number of nitrogens with zero attached hydrogens (tertiary/aromatic N) is 1. The van der Waals surface area contributed by atoms with E-state index >= 15 is 0 Å². The molecule has 0 aliphatic carbocycles. The largest absolute Gasteiger partial charge is 0.493 e. The quantitative estimate of drug-likeness (QED) is 0.844. The summed E-state index contributed by atoms with van der Waals surface area (Å²) in [5.41, 5.74) is 1.19. The summed E-state index contributed by atoms with van der Waals surface area (Å²) in [5, 5.41) is 0.348. The third-order valence-corrected chi connectivity index (χ3v) is 4.02. The molecule has 1 aliphatic heterocycles. The van der Waals surface area contributed by atoms with E-state index in [0.717, 1.165) is 5.69 Å². The molecule has 0 fully saturated rings. The molecule has 3 rings (SSSR count). The Balaban J connectivity index is 1.98. The lowest BCUT2D eigenvalue weighted by atomic mass is 10.1. The zero-order valence-electron chi connectivity index (χ0n) is 13.5. The highest BCUT2D eigenvalue weighted by molar-refractivity contribution is 6.32. The zero-order chi connectivity index (χ0) is 17.1. The monoisotopic (exact) mass is 347 g/mol. The maximum absolute atomic E-state index is 13.0. The van der Waals surface area contributed by atoms with E-state index < -0.39 is 0 Å². The zero-order valence-corrected chi connectivity index (χ0v) is 14.3. The third-order valence-electron chi connectivity index (χ3n) is 3.74. The number of rotatable bonds is 4. The fraction of sp³-hybridized carbons (Fsp3) is 0.278. The van der Waals surface area contributed by atoms with Crippen LogP contribution in [0.2, 0.25) is 5.02 Å². The molecule has 5 nitrogen and oxygen atoms in total. The van der Waals surface area contributed by atoms with Gasteiger partial charge in [-0.2, -0.15) is 0 Å². The number of fused-ring (bicyclic) bond motifs is 1. The summed E-state index contributed by atoms with van der Waals surface area (Å²) < 4.78 is 16.4. The number of benzene rings is 2. The lowest BCUT2D eigenvalue weighted by Crippen LogP contribution is -2.37. The predicted molar refractivity (Wildman–Crippen MR) is 92.8 cm³/mol. The van der Waals surface area contributed by atoms with Gasteiger partial charge in [-0.05, 0) is 31.2 Å². The fourth-order valence-electron chi connectivity index (χ4n) is 2.66. The highest BCUT2D eigenvalue weighted by Gasteiger charge is 2.26. The summed E-state index contributed by atoms with van der Waals surface area (Å²) in [5.74, 6) is 1.42. The molecule has 0 aromatic heterocycles. The standard InChI is InChI=1S/C18H18ClNO4/c1-3-23-17-13(19)10-12(11-16(17)22-2)18(21)20-8-9-24-15-7-5-4-6-14(15)20/h4-7,10-11H,3,8-9H2,1-2H3. The highest BCUT2D eigenvalue weighted by Crippen LogP contribution is 2.38. The Hall–Kier alpha value is -2.40. The van der Waals surface area contributed by atoms with Crippen LogP contribution in [0, 0.1) is 0 Å². The Kier molecular flexibility index (Phi) is 4.81. The van der Waals surface area contributed by atoms with Gasteiger partial charge in [0, 0.05) is 5.56 Å². The van der Waals surface area contributed by atoms with Gasteiger partial charge >= 0.3 is 0 Å². The molecule has 0 atom stereocenters. The number of hydrogen-bond donors (Lipinski definition) is 0. The number of hydrogen-bond acceptors (Lipinski definition) is 4. The molecule has 2 aromatic rings. The second-order valence-corrected chi connectivity index (χ2v) is 5.60. The Bertz CT molecular complexity index is 763. The van der Waals surface area contributed by atoms with Crippen LogP contribution in [-0.2, 0) is 0 Å². The summed E-state index contributed by atoms with van der Waals surface area (Å²) >= 11 is 6.27. The molecule has 0 radical (unpaired) electrons. The van der Waals surface area contributed by atoms with Gasteiger partial charge in [-0.25, -0.2) is 0 Å². The van der Waals surface area contributed by atoms with Gasteiger partial charge in [-0.1, -0.05) is 23.7 Å². The average molecular weight is 348 g/mol. The van der Waals surface area contributed by atoms with E-state index in [4.69, 9.17) is 25.8 Å². The van der Waals surface area contributed by atoms with Crippen molar-refractivity contribution in [2.75, 3.05) is 31.8 Å². The first-order valence-corrected chi connectivity index (χ1v) is 8.07. The van der Waals surface area contributed by atoms with Gasteiger partial charge in [0.25, 0.3) is 5.91 Å². The normalized spacial score (nSPS) is 13.0. The minimum absolute atomic E-state index is 0.158. The lowest BCUT2D eigenvalue weighted by Gasteiger charge is -2.29. The lowest BCUT2D eigenvalue weighted by molar-refractivity contribution is 0.0976. The molecule has 0 unspecified atom stereocenters. The van der Waals surface area contributed by atoms with Crippen LogP contribution in [0.15, 0.2) is 36.4 Å². The van der Waals surface area contributed by atoms with E-state index in [2.05, 4.69) is 0 Å². The fourth-order valence-corrected chi connectivity index (χ4v) is 2.93. The van der Waals surface area contributed by atoms with Crippen molar-refractivity contribution in [1.29, 1.82) is 0 Å². The van der Waals surface area contributed by atoms with Crippen molar-refractivity contribution in [3.8, 4) is 17.2 Å². The number of anilines is 1. The van der Waals surface area contributed by atoms with E-state index in [9.17, 15) is 4.79 Å². The first-order chi connectivity index (χ1) is 11.7. The molecular formula is C18H18ClNO4. The summed E-state index contributed by atoms with van der Waals surface area (Å²) in [6.45, 7) is 3.24. The van der Waals surface area contributed by atoms with Crippen molar-refractivity contribution in [2.45, 2.75) is 6.92 Å². The maximum Gasteiger partial charge on any atom is 0.258 e. The molecule has 126 valence electrons. The van der Waals surface area contributed by atoms with Gasteiger partial charge in [0.05, 0.1) is 31.0 Å². The summed E-state index contributed by atoms with van der Waals surface area (Å²) in [6, 6.07) is 10.7. The summed E-state index contributed by atoms with van der Waals surface area (Å²) in [6.07, 6.45) is 0. The number of carbonyl (C=O) groups excluding carboxylic acids is 1. The van der Waals surface area contributed by atoms with Gasteiger partial charge in [0.2, 0.25) is 0 Å². The predicted octanol–water partition coefficient (Wildman–Crippen LogP) is 3.79. The molecular weight excluding hydrogens is 330 g/mol. The topological polar surface area (TPSA) is 48.0 Å². The van der Waals surface area contributed by atoms with Crippen LogP contribution in [0.1, 0.15) is 17.3 Å². The van der Waals surface area contributed by atoms with E-state index in [1.807, 2.05) is 31.2 Å². The number of carbonyl (C=O) groups is 1. The van der Waals surface area contributed by atoms with Gasteiger partial charge in [-0.15, -0.1) is 0 Å². The number of para-hydroxylation sites is 2. The Morgan fingerprint density at radius 2 is 2.12 bits per heavy atom. The number of methoxy groups -OCH3 is 1. The van der Waals surface area contributed by atoms with E-state index in [0.29, 0.717) is 47.6 Å². The number of ether oxygens (including phenoxy) is 3. The van der Waals surface area contributed by atoms with Crippen molar-refractivity contribution < 1.29 is 19.0 Å². The second-order valence-electron chi connectivity index (χ2n) is 5.20. The van der Waals surface area contributed by atoms with Crippen molar-refractivity contribution in [3.05, 3.63) is 47.0 Å². The minimum atomic E-state index is -0.158. The van der Waals surface area contributed by atoms with Crippen LogP contribution in [0.25, 0.3) is 0 Å².